The summed E-state index contributed by atoms with van der Waals surface area (Å²) in [5, 5.41) is 0. The molecule has 0 spiro atoms. The van der Waals surface area contributed by atoms with Crippen molar-refractivity contribution in [3.05, 3.63) is 10.2 Å². The standard InChI is InChI=1S/C5H4N4S2/c6-4-7-1-2-3(9-4)11-5(10)8-2/h1H,(H,8,10)(H2,6,7,9). The highest BCUT2D eigenvalue weighted by molar-refractivity contribution is 7.73. The Bertz CT molecular complexity index is 443. The highest BCUT2D eigenvalue weighted by Crippen LogP contribution is 2.15. The normalized spacial score (nSPS) is 10.5. The topological polar surface area (TPSA) is 67.6 Å². The lowest BCUT2D eigenvalue weighted by Crippen LogP contribution is -1.92. The summed E-state index contributed by atoms with van der Waals surface area (Å²) in [7, 11) is 0. The summed E-state index contributed by atoms with van der Waals surface area (Å²) in [5.74, 6) is 0.280. The van der Waals surface area contributed by atoms with Crippen molar-refractivity contribution in [1.82, 2.24) is 15.0 Å². The minimum Gasteiger partial charge on any atom is -0.368 e. The summed E-state index contributed by atoms with van der Waals surface area (Å²) in [6.07, 6.45) is 1.63. The summed E-state index contributed by atoms with van der Waals surface area (Å²) in [6, 6.07) is 0. The van der Waals surface area contributed by atoms with E-state index < -0.39 is 0 Å². The van der Waals surface area contributed by atoms with Crippen LogP contribution in [0, 0.1) is 3.95 Å². The van der Waals surface area contributed by atoms with Crippen LogP contribution < -0.4 is 5.73 Å². The molecule has 2 heterocycles. The number of anilines is 1. The maximum absolute atomic E-state index is 5.37. The summed E-state index contributed by atoms with van der Waals surface area (Å²) in [5.41, 5.74) is 6.21. The summed E-state index contributed by atoms with van der Waals surface area (Å²) in [4.78, 5) is 11.5. The maximum Gasteiger partial charge on any atom is 0.221 e. The Kier molecular flexibility index (Phi) is 1.36. The van der Waals surface area contributed by atoms with Gasteiger partial charge in [0, 0.05) is 0 Å². The molecule has 2 aromatic heterocycles. The van der Waals surface area contributed by atoms with E-state index in [2.05, 4.69) is 15.0 Å². The second-order valence-corrected chi connectivity index (χ2v) is 3.63. The quantitative estimate of drug-likeness (QED) is 0.606. The molecular weight excluding hydrogens is 180 g/mol. The van der Waals surface area contributed by atoms with Crippen molar-refractivity contribution in [3.8, 4) is 0 Å². The van der Waals surface area contributed by atoms with Crippen molar-refractivity contribution in [1.29, 1.82) is 0 Å². The molecule has 3 N–H and O–H groups in total. The number of nitrogens with two attached hydrogens (primary N) is 1. The van der Waals surface area contributed by atoms with Gasteiger partial charge in [0.1, 0.15) is 4.83 Å². The molecule has 0 aliphatic carbocycles. The van der Waals surface area contributed by atoms with Gasteiger partial charge in [0.15, 0.2) is 3.95 Å². The van der Waals surface area contributed by atoms with Crippen LogP contribution in [0.3, 0.4) is 0 Å². The number of aromatic amines is 1. The molecule has 0 saturated carbocycles. The Hall–Kier alpha value is -1.01. The largest absolute Gasteiger partial charge is 0.368 e. The molecule has 11 heavy (non-hydrogen) atoms. The molecule has 0 fully saturated rings. The number of aromatic nitrogens is 3. The molecule has 0 amide bonds. The van der Waals surface area contributed by atoms with Crippen LogP contribution in [0.15, 0.2) is 6.20 Å². The molecule has 0 aliphatic rings. The first-order valence-electron chi connectivity index (χ1n) is 2.87. The maximum atomic E-state index is 5.37. The van der Waals surface area contributed by atoms with E-state index in [-0.39, 0.29) is 5.95 Å². The van der Waals surface area contributed by atoms with E-state index in [1.165, 1.54) is 11.3 Å². The molecule has 0 radical (unpaired) electrons. The van der Waals surface area contributed by atoms with E-state index in [1.54, 1.807) is 6.20 Å². The molecule has 56 valence electrons. The Morgan fingerprint density at radius 3 is 3.27 bits per heavy atom. The molecule has 4 nitrogen and oxygen atoms in total. The molecule has 0 saturated heterocycles. The number of hydrogen-bond donors (Lipinski definition) is 2. The Labute approximate surface area is 71.1 Å². The second kappa shape index (κ2) is 2.24. The van der Waals surface area contributed by atoms with Crippen LogP contribution in [-0.2, 0) is 0 Å². The van der Waals surface area contributed by atoms with Gasteiger partial charge in [-0.05, 0) is 12.2 Å². The highest BCUT2D eigenvalue weighted by Gasteiger charge is 1.98. The van der Waals surface area contributed by atoms with Crippen molar-refractivity contribution < 1.29 is 0 Å². The van der Waals surface area contributed by atoms with E-state index in [9.17, 15) is 0 Å². The first-order valence-corrected chi connectivity index (χ1v) is 4.09. The molecule has 2 aromatic rings. The van der Waals surface area contributed by atoms with Gasteiger partial charge in [-0.3, -0.25) is 0 Å². The molecular formula is C5H4N4S2. The lowest BCUT2D eigenvalue weighted by molar-refractivity contribution is 1.23. The van der Waals surface area contributed by atoms with E-state index >= 15 is 0 Å². The van der Waals surface area contributed by atoms with Gasteiger partial charge >= 0.3 is 0 Å². The van der Waals surface area contributed by atoms with Crippen LogP contribution in [-0.4, -0.2) is 15.0 Å². The molecule has 0 aliphatic heterocycles. The van der Waals surface area contributed by atoms with Crippen molar-refractivity contribution in [3.63, 3.8) is 0 Å². The number of thiazole rings is 1. The number of hydrogen-bond acceptors (Lipinski definition) is 5. The summed E-state index contributed by atoms with van der Waals surface area (Å²) >= 11 is 6.31. The molecule has 2 rings (SSSR count). The van der Waals surface area contributed by atoms with Crippen LogP contribution in [0.1, 0.15) is 0 Å². The molecule has 6 heteroatoms. The number of fused-ring (bicyclic) bond motifs is 1. The third kappa shape index (κ3) is 1.10. The lowest BCUT2D eigenvalue weighted by atomic mass is 10.6. The fourth-order valence-electron chi connectivity index (χ4n) is 0.766. The number of nitrogens with zero attached hydrogens (tertiary/aromatic N) is 2. The van der Waals surface area contributed by atoms with Crippen molar-refractivity contribution in [2.24, 2.45) is 0 Å². The average Bonchev–Trinajstić information content (AvgIpc) is 2.27. The number of H-pyrrole nitrogens is 1. The van der Waals surface area contributed by atoms with Gasteiger partial charge in [-0.25, -0.2) is 9.97 Å². The zero-order chi connectivity index (χ0) is 7.84. The van der Waals surface area contributed by atoms with Gasteiger partial charge < -0.3 is 10.7 Å². The first-order chi connectivity index (χ1) is 5.25. The number of nitrogens with one attached hydrogen (secondary N) is 1. The van der Waals surface area contributed by atoms with E-state index in [4.69, 9.17) is 18.0 Å². The molecule has 0 aromatic carbocycles. The monoisotopic (exact) mass is 184 g/mol. The van der Waals surface area contributed by atoms with Crippen molar-refractivity contribution in [2.45, 2.75) is 0 Å². The zero-order valence-electron chi connectivity index (χ0n) is 5.37. The van der Waals surface area contributed by atoms with Gasteiger partial charge in [0.2, 0.25) is 5.95 Å². The number of rotatable bonds is 0. The van der Waals surface area contributed by atoms with Crippen LogP contribution >= 0.6 is 23.6 Å². The van der Waals surface area contributed by atoms with E-state index in [0.29, 0.717) is 3.95 Å². The molecule has 0 unspecified atom stereocenters. The second-order valence-electron chi connectivity index (χ2n) is 1.96. The third-order valence-corrected chi connectivity index (χ3v) is 2.34. The Morgan fingerprint density at radius 1 is 1.64 bits per heavy atom. The van der Waals surface area contributed by atoms with Crippen LogP contribution in [0.25, 0.3) is 10.3 Å². The van der Waals surface area contributed by atoms with Gasteiger partial charge in [-0.2, -0.15) is 0 Å². The lowest BCUT2D eigenvalue weighted by Gasteiger charge is -1.87. The fraction of sp³-hybridized carbons (Fsp3) is 0. The fourth-order valence-corrected chi connectivity index (χ4v) is 1.80. The Morgan fingerprint density at radius 2 is 2.45 bits per heavy atom. The summed E-state index contributed by atoms with van der Waals surface area (Å²) in [6.45, 7) is 0. The molecule has 0 bridgehead atoms. The average molecular weight is 184 g/mol. The zero-order valence-corrected chi connectivity index (χ0v) is 7.00. The SMILES string of the molecule is Nc1ncc2[nH]c(=S)sc2n1. The number of nitrogen functional groups attached to an aromatic ring is 1. The highest BCUT2D eigenvalue weighted by atomic mass is 32.1. The third-order valence-electron chi connectivity index (χ3n) is 1.20. The van der Waals surface area contributed by atoms with Gasteiger partial charge in [0.25, 0.3) is 0 Å². The first kappa shape index (κ1) is 6.68. The predicted octanol–water partition coefficient (Wildman–Crippen LogP) is 1.33. The van der Waals surface area contributed by atoms with Crippen molar-refractivity contribution in [2.75, 3.05) is 5.73 Å². The predicted molar refractivity (Wildman–Crippen MR) is 47.0 cm³/mol. The summed E-state index contributed by atoms with van der Waals surface area (Å²) < 4.78 is 0.694. The smallest absolute Gasteiger partial charge is 0.221 e. The van der Waals surface area contributed by atoms with E-state index in [1.807, 2.05) is 0 Å². The van der Waals surface area contributed by atoms with Crippen molar-refractivity contribution >= 4 is 39.9 Å². The Balaban J connectivity index is 2.92. The van der Waals surface area contributed by atoms with Gasteiger partial charge in [0.05, 0.1) is 11.7 Å². The van der Waals surface area contributed by atoms with Crippen LogP contribution in [0.4, 0.5) is 5.95 Å². The molecule has 0 atom stereocenters. The van der Waals surface area contributed by atoms with Gasteiger partial charge in [-0.1, -0.05) is 11.3 Å². The van der Waals surface area contributed by atoms with Gasteiger partial charge in [-0.15, -0.1) is 0 Å². The minimum absolute atomic E-state index is 0.280. The van der Waals surface area contributed by atoms with E-state index in [0.717, 1.165) is 10.3 Å². The van der Waals surface area contributed by atoms with Crippen LogP contribution in [0.5, 0.6) is 0 Å². The minimum atomic E-state index is 0.280. The van der Waals surface area contributed by atoms with Crippen LogP contribution in [0.2, 0.25) is 0 Å².